The minimum Gasteiger partial charge on any atom is -0.396 e. The summed E-state index contributed by atoms with van der Waals surface area (Å²) in [5.74, 6) is 0. The third-order valence-corrected chi connectivity index (χ3v) is 0.570. The Bertz CT molecular complexity index is 90.0. The Morgan fingerprint density at radius 1 is 1.75 bits per heavy atom. The first-order chi connectivity index (χ1) is 3.91. The lowest BCUT2D eigenvalue weighted by Crippen LogP contribution is -1.90. The lowest BCUT2D eigenvalue weighted by atomic mass is 10.5. The van der Waals surface area contributed by atoms with Crippen molar-refractivity contribution in [2.75, 3.05) is 13.2 Å². The van der Waals surface area contributed by atoms with E-state index >= 15 is 0 Å². The van der Waals surface area contributed by atoms with Crippen LogP contribution in [-0.4, -0.2) is 23.5 Å². The van der Waals surface area contributed by atoms with Gasteiger partial charge in [0.25, 0.3) is 0 Å². The van der Waals surface area contributed by atoms with E-state index in [1.54, 1.807) is 0 Å². The molecule has 4 heteroatoms. The summed E-state index contributed by atoms with van der Waals surface area (Å²) in [6.45, 7) is 0.521. The third kappa shape index (κ3) is 5.56. The van der Waals surface area contributed by atoms with Gasteiger partial charge in [-0.3, -0.25) is 0 Å². The molecule has 0 aliphatic heterocycles. The van der Waals surface area contributed by atoms with Crippen molar-refractivity contribution in [3.8, 4) is 0 Å². The zero-order chi connectivity index (χ0) is 6.24. The van der Waals surface area contributed by atoms with Crippen LogP contribution in [-0.2, 0) is 4.84 Å². The van der Waals surface area contributed by atoms with E-state index in [0.29, 0.717) is 13.0 Å². The second-order valence-electron chi connectivity index (χ2n) is 1.09. The lowest BCUT2D eigenvalue weighted by Gasteiger charge is -1.90. The molecule has 0 spiro atoms. The number of hydrogen-bond donors (Lipinski definition) is 1. The van der Waals surface area contributed by atoms with E-state index < -0.39 is 0 Å². The summed E-state index contributed by atoms with van der Waals surface area (Å²) in [4.78, 5) is 4.47. The molecule has 0 heterocycles. The SMILES string of the molecule is OCCCON=C=S. The second kappa shape index (κ2) is 6.56. The molecule has 0 bridgehead atoms. The largest absolute Gasteiger partial charge is 0.396 e. The van der Waals surface area contributed by atoms with Gasteiger partial charge in [-0.2, -0.15) is 0 Å². The molecular formula is C4H7NO2S. The topological polar surface area (TPSA) is 41.8 Å². The van der Waals surface area contributed by atoms with Gasteiger partial charge in [0.05, 0.1) is 0 Å². The van der Waals surface area contributed by atoms with E-state index in [1.165, 1.54) is 0 Å². The zero-order valence-corrected chi connectivity index (χ0v) is 5.15. The molecule has 0 aromatic heterocycles. The molecule has 8 heavy (non-hydrogen) atoms. The van der Waals surface area contributed by atoms with Gasteiger partial charge >= 0.3 is 0 Å². The molecule has 0 fully saturated rings. The maximum atomic E-state index is 8.20. The summed E-state index contributed by atoms with van der Waals surface area (Å²) < 4.78 is 0. The van der Waals surface area contributed by atoms with Crippen molar-refractivity contribution >= 4 is 17.4 Å². The van der Waals surface area contributed by atoms with Crippen LogP contribution in [0.4, 0.5) is 0 Å². The molecular weight excluding hydrogens is 126 g/mol. The van der Waals surface area contributed by atoms with Gasteiger partial charge < -0.3 is 9.94 Å². The molecule has 0 aromatic carbocycles. The predicted octanol–water partition coefficient (Wildman–Crippen LogP) is 0.403. The number of aliphatic hydroxyl groups excluding tert-OH is 1. The maximum absolute atomic E-state index is 8.20. The van der Waals surface area contributed by atoms with Crippen molar-refractivity contribution < 1.29 is 9.94 Å². The Balaban J connectivity index is 2.82. The molecule has 0 radical (unpaired) electrons. The van der Waals surface area contributed by atoms with E-state index in [1.807, 2.05) is 5.16 Å². The zero-order valence-electron chi connectivity index (χ0n) is 4.33. The average molecular weight is 133 g/mol. The van der Waals surface area contributed by atoms with Crippen LogP contribution in [0.25, 0.3) is 0 Å². The number of hydrogen-bond acceptors (Lipinski definition) is 4. The molecule has 0 aromatic rings. The van der Waals surface area contributed by atoms with Gasteiger partial charge in [-0.05, 0) is 17.4 Å². The molecule has 0 atom stereocenters. The molecule has 0 aliphatic carbocycles. The van der Waals surface area contributed by atoms with Crippen molar-refractivity contribution in [2.24, 2.45) is 5.16 Å². The number of rotatable bonds is 4. The van der Waals surface area contributed by atoms with Crippen molar-refractivity contribution in [1.29, 1.82) is 0 Å². The van der Waals surface area contributed by atoms with Gasteiger partial charge in [0.15, 0.2) is 0 Å². The van der Waals surface area contributed by atoms with E-state index in [0.717, 1.165) is 0 Å². The average Bonchev–Trinajstić information content (AvgIpc) is 1.81. The molecule has 0 amide bonds. The number of nitrogens with zero attached hydrogens (tertiary/aromatic N) is 1. The van der Waals surface area contributed by atoms with Crippen LogP contribution >= 0.6 is 12.2 Å². The summed E-state index contributed by atoms with van der Waals surface area (Å²) in [6.07, 6.45) is 0.584. The monoisotopic (exact) mass is 133 g/mol. The van der Waals surface area contributed by atoms with Gasteiger partial charge in [-0.25, -0.2) is 0 Å². The van der Waals surface area contributed by atoms with E-state index in [4.69, 9.17) is 5.11 Å². The van der Waals surface area contributed by atoms with E-state index in [9.17, 15) is 0 Å². The van der Waals surface area contributed by atoms with Crippen LogP contribution in [0.3, 0.4) is 0 Å². The first-order valence-electron chi connectivity index (χ1n) is 2.22. The number of aliphatic hydroxyl groups is 1. The summed E-state index contributed by atoms with van der Waals surface area (Å²) >= 11 is 4.20. The standard InChI is InChI=1S/C4H7NO2S/c6-2-1-3-7-5-4-8/h6H,1-3H2. The van der Waals surface area contributed by atoms with Crippen molar-refractivity contribution in [2.45, 2.75) is 6.42 Å². The minimum absolute atomic E-state index is 0.118. The lowest BCUT2D eigenvalue weighted by molar-refractivity contribution is 0.126. The highest BCUT2D eigenvalue weighted by atomic mass is 32.1. The minimum atomic E-state index is 0.118. The first-order valence-corrected chi connectivity index (χ1v) is 2.62. The smallest absolute Gasteiger partial charge is 0.120 e. The number of isothiocyanates is 1. The fourth-order valence-electron chi connectivity index (χ4n) is 0.201. The molecule has 0 aliphatic rings. The Hall–Kier alpha value is -0.440. The molecule has 0 saturated carbocycles. The molecule has 0 rings (SSSR count). The highest BCUT2D eigenvalue weighted by molar-refractivity contribution is 7.78. The number of thiocarbonyl (C=S) groups is 1. The van der Waals surface area contributed by atoms with Crippen LogP contribution in [0.15, 0.2) is 5.16 Å². The van der Waals surface area contributed by atoms with Crippen LogP contribution in [0.1, 0.15) is 6.42 Å². The Morgan fingerprint density at radius 2 is 2.50 bits per heavy atom. The molecule has 3 nitrogen and oxygen atoms in total. The van der Waals surface area contributed by atoms with Gasteiger partial charge in [-0.1, -0.05) is 0 Å². The summed E-state index contributed by atoms with van der Waals surface area (Å²) in [5.41, 5.74) is 0. The summed E-state index contributed by atoms with van der Waals surface area (Å²) in [6, 6.07) is 0. The Kier molecular flexibility index (Phi) is 6.20. The Labute approximate surface area is 52.9 Å². The van der Waals surface area contributed by atoms with Gasteiger partial charge in [0.2, 0.25) is 0 Å². The first kappa shape index (κ1) is 7.56. The van der Waals surface area contributed by atoms with E-state index in [2.05, 4.69) is 22.2 Å². The molecule has 46 valence electrons. The fourth-order valence-corrected chi connectivity index (χ4v) is 0.254. The van der Waals surface area contributed by atoms with E-state index in [-0.39, 0.29) is 6.61 Å². The Morgan fingerprint density at radius 3 is 3.00 bits per heavy atom. The molecule has 0 unspecified atom stereocenters. The quantitative estimate of drug-likeness (QED) is 0.261. The summed E-state index contributed by atoms with van der Waals surface area (Å²) in [5, 5.41) is 13.4. The van der Waals surface area contributed by atoms with Crippen LogP contribution in [0.2, 0.25) is 0 Å². The summed E-state index contributed by atoms with van der Waals surface area (Å²) in [7, 11) is 0. The fraction of sp³-hybridized carbons (Fsp3) is 0.750. The van der Waals surface area contributed by atoms with Gasteiger partial charge in [0, 0.05) is 13.0 Å². The third-order valence-electron chi connectivity index (χ3n) is 0.496. The molecule has 0 saturated heterocycles. The van der Waals surface area contributed by atoms with Crippen molar-refractivity contribution in [1.82, 2.24) is 0 Å². The van der Waals surface area contributed by atoms with Gasteiger partial charge in [0.1, 0.15) is 11.8 Å². The van der Waals surface area contributed by atoms with Crippen LogP contribution < -0.4 is 0 Å². The van der Waals surface area contributed by atoms with Crippen molar-refractivity contribution in [3.63, 3.8) is 0 Å². The maximum Gasteiger partial charge on any atom is 0.120 e. The predicted molar refractivity (Wildman–Crippen MR) is 32.7 cm³/mol. The van der Waals surface area contributed by atoms with Crippen molar-refractivity contribution in [3.05, 3.63) is 0 Å². The van der Waals surface area contributed by atoms with Gasteiger partial charge in [-0.15, -0.1) is 0 Å². The van der Waals surface area contributed by atoms with Crippen LogP contribution in [0, 0.1) is 0 Å². The van der Waals surface area contributed by atoms with Crippen LogP contribution in [0.5, 0.6) is 0 Å². The second-order valence-corrected chi connectivity index (χ2v) is 1.28. The highest BCUT2D eigenvalue weighted by Crippen LogP contribution is 1.78. The molecule has 1 N–H and O–H groups in total. The normalized spacial score (nSPS) is 7.62. The highest BCUT2D eigenvalue weighted by Gasteiger charge is 1.79.